The molecule has 6 nitrogen and oxygen atoms in total. The van der Waals surface area contributed by atoms with Crippen LogP contribution in [0.3, 0.4) is 0 Å². The Morgan fingerprint density at radius 1 is 1.15 bits per heavy atom. The Hall–Kier alpha value is -2.08. The van der Waals surface area contributed by atoms with Crippen molar-refractivity contribution in [3.05, 3.63) is 36.7 Å². The van der Waals surface area contributed by atoms with Crippen LogP contribution in [0.1, 0.15) is 24.5 Å². The Bertz CT molecular complexity index is 559. The summed E-state index contributed by atoms with van der Waals surface area (Å²) in [6.45, 7) is 2.21. The van der Waals surface area contributed by atoms with Crippen LogP contribution in [0, 0.1) is 0 Å². The second-order valence-electron chi connectivity index (χ2n) is 5.15. The summed E-state index contributed by atoms with van der Waals surface area (Å²) < 4.78 is 0. The van der Waals surface area contributed by atoms with Gasteiger partial charge in [-0.2, -0.15) is 0 Å². The van der Waals surface area contributed by atoms with Crippen LogP contribution in [0.2, 0.25) is 0 Å². The van der Waals surface area contributed by atoms with Crippen LogP contribution >= 0.6 is 0 Å². The SMILES string of the molecule is CN1CCC[C@@H](c2cncc(Nc3cnccn3)n2)C1. The number of rotatable bonds is 3. The van der Waals surface area contributed by atoms with Gasteiger partial charge in [0.25, 0.3) is 0 Å². The van der Waals surface area contributed by atoms with E-state index < -0.39 is 0 Å². The molecule has 0 aromatic carbocycles. The first-order chi connectivity index (χ1) is 9.81. The Morgan fingerprint density at radius 3 is 2.85 bits per heavy atom. The van der Waals surface area contributed by atoms with Crippen molar-refractivity contribution in [2.24, 2.45) is 0 Å². The van der Waals surface area contributed by atoms with E-state index in [9.17, 15) is 0 Å². The van der Waals surface area contributed by atoms with Gasteiger partial charge in [-0.1, -0.05) is 0 Å². The van der Waals surface area contributed by atoms with Gasteiger partial charge in [0.15, 0.2) is 0 Å². The summed E-state index contributed by atoms with van der Waals surface area (Å²) in [6.07, 6.45) is 10.9. The lowest BCUT2D eigenvalue weighted by molar-refractivity contribution is 0.248. The smallest absolute Gasteiger partial charge is 0.150 e. The fourth-order valence-electron chi connectivity index (χ4n) is 2.54. The van der Waals surface area contributed by atoms with Crippen LogP contribution in [0.25, 0.3) is 0 Å². The number of likely N-dealkylation sites (tertiary alicyclic amines) is 1. The molecule has 0 radical (unpaired) electrons. The van der Waals surface area contributed by atoms with Crippen LogP contribution < -0.4 is 5.32 Å². The molecule has 0 saturated carbocycles. The van der Waals surface area contributed by atoms with Crippen molar-refractivity contribution in [2.75, 3.05) is 25.5 Å². The fraction of sp³-hybridized carbons (Fsp3) is 0.429. The zero-order valence-electron chi connectivity index (χ0n) is 11.5. The van der Waals surface area contributed by atoms with E-state index in [4.69, 9.17) is 0 Å². The molecule has 2 aromatic heterocycles. The molecule has 6 heteroatoms. The predicted octanol–water partition coefficient (Wildman–Crippen LogP) is 1.82. The van der Waals surface area contributed by atoms with Gasteiger partial charge in [0.05, 0.1) is 18.1 Å². The second kappa shape index (κ2) is 5.92. The number of nitrogens with one attached hydrogen (secondary N) is 1. The van der Waals surface area contributed by atoms with Gasteiger partial charge in [0.1, 0.15) is 11.6 Å². The Morgan fingerprint density at radius 2 is 2.05 bits per heavy atom. The van der Waals surface area contributed by atoms with E-state index in [-0.39, 0.29) is 0 Å². The molecule has 3 rings (SSSR count). The van der Waals surface area contributed by atoms with Crippen molar-refractivity contribution in [3.8, 4) is 0 Å². The Labute approximate surface area is 118 Å². The lowest BCUT2D eigenvalue weighted by Crippen LogP contribution is -2.31. The van der Waals surface area contributed by atoms with Crippen molar-refractivity contribution < 1.29 is 0 Å². The van der Waals surface area contributed by atoms with Crippen LogP contribution in [-0.4, -0.2) is 45.0 Å². The third-order valence-electron chi connectivity index (χ3n) is 3.52. The molecule has 0 spiro atoms. The molecule has 1 saturated heterocycles. The van der Waals surface area contributed by atoms with E-state index in [2.05, 4.69) is 37.2 Å². The lowest BCUT2D eigenvalue weighted by atomic mass is 9.95. The third-order valence-corrected chi connectivity index (χ3v) is 3.52. The zero-order chi connectivity index (χ0) is 13.8. The molecule has 0 aliphatic carbocycles. The molecule has 1 aliphatic heterocycles. The number of piperidine rings is 1. The largest absolute Gasteiger partial charge is 0.322 e. The number of aromatic nitrogens is 4. The van der Waals surface area contributed by atoms with E-state index in [1.54, 1.807) is 24.8 Å². The van der Waals surface area contributed by atoms with Gasteiger partial charge in [-0.25, -0.2) is 9.97 Å². The monoisotopic (exact) mass is 270 g/mol. The first-order valence-electron chi connectivity index (χ1n) is 6.85. The highest BCUT2D eigenvalue weighted by Crippen LogP contribution is 2.25. The molecule has 1 fully saturated rings. The van der Waals surface area contributed by atoms with Gasteiger partial charge in [-0.15, -0.1) is 0 Å². The fourth-order valence-corrected chi connectivity index (χ4v) is 2.54. The van der Waals surface area contributed by atoms with E-state index in [0.29, 0.717) is 11.7 Å². The third kappa shape index (κ3) is 3.08. The molecule has 1 atom stereocenters. The summed E-state index contributed by atoms with van der Waals surface area (Å²) >= 11 is 0. The maximum absolute atomic E-state index is 4.66. The predicted molar refractivity (Wildman–Crippen MR) is 76.8 cm³/mol. The normalized spacial score (nSPS) is 19.8. The van der Waals surface area contributed by atoms with E-state index in [0.717, 1.165) is 18.1 Å². The first kappa shape index (κ1) is 12.9. The summed E-state index contributed by atoms with van der Waals surface area (Å²) in [7, 11) is 2.15. The van der Waals surface area contributed by atoms with Crippen molar-refractivity contribution in [1.29, 1.82) is 0 Å². The number of hydrogen-bond acceptors (Lipinski definition) is 6. The Balaban J connectivity index is 1.75. The molecule has 0 bridgehead atoms. The van der Waals surface area contributed by atoms with E-state index >= 15 is 0 Å². The highest BCUT2D eigenvalue weighted by molar-refractivity contribution is 5.48. The molecule has 3 heterocycles. The highest BCUT2D eigenvalue weighted by Gasteiger charge is 2.20. The van der Waals surface area contributed by atoms with Crippen LogP contribution in [-0.2, 0) is 0 Å². The summed E-state index contributed by atoms with van der Waals surface area (Å²) in [5.74, 6) is 1.86. The number of anilines is 2. The summed E-state index contributed by atoms with van der Waals surface area (Å²) in [6, 6.07) is 0. The van der Waals surface area contributed by atoms with E-state index in [1.165, 1.54) is 19.4 Å². The zero-order valence-corrected chi connectivity index (χ0v) is 11.5. The molecule has 0 amide bonds. The number of likely N-dealkylation sites (N-methyl/N-ethyl adjacent to an activating group) is 1. The van der Waals surface area contributed by atoms with Crippen molar-refractivity contribution in [3.63, 3.8) is 0 Å². The van der Waals surface area contributed by atoms with Crippen LogP contribution in [0.4, 0.5) is 11.6 Å². The molecule has 1 N–H and O–H groups in total. The van der Waals surface area contributed by atoms with Crippen molar-refractivity contribution >= 4 is 11.6 Å². The molecule has 2 aromatic rings. The summed E-state index contributed by atoms with van der Waals surface area (Å²) in [4.78, 5) is 19.5. The lowest BCUT2D eigenvalue weighted by Gasteiger charge is -2.29. The van der Waals surface area contributed by atoms with Gasteiger partial charge in [-0.05, 0) is 26.4 Å². The molecule has 20 heavy (non-hydrogen) atoms. The van der Waals surface area contributed by atoms with Crippen molar-refractivity contribution in [2.45, 2.75) is 18.8 Å². The van der Waals surface area contributed by atoms with Crippen LogP contribution in [0.15, 0.2) is 31.0 Å². The minimum absolute atomic E-state index is 0.463. The van der Waals surface area contributed by atoms with Gasteiger partial charge in [0.2, 0.25) is 0 Å². The highest BCUT2D eigenvalue weighted by atomic mass is 15.1. The number of hydrogen-bond donors (Lipinski definition) is 1. The quantitative estimate of drug-likeness (QED) is 0.917. The van der Waals surface area contributed by atoms with Crippen LogP contribution in [0.5, 0.6) is 0 Å². The maximum Gasteiger partial charge on any atom is 0.150 e. The summed E-state index contributed by atoms with van der Waals surface area (Å²) in [5.41, 5.74) is 1.05. The minimum Gasteiger partial charge on any atom is -0.322 e. The van der Waals surface area contributed by atoms with Gasteiger partial charge >= 0.3 is 0 Å². The maximum atomic E-state index is 4.66. The Kier molecular flexibility index (Phi) is 3.83. The topological polar surface area (TPSA) is 66.8 Å². The molecule has 1 aliphatic rings. The first-order valence-corrected chi connectivity index (χ1v) is 6.85. The van der Waals surface area contributed by atoms with Gasteiger partial charge in [-0.3, -0.25) is 9.97 Å². The summed E-state index contributed by atoms with van der Waals surface area (Å²) in [5, 5.41) is 3.13. The average molecular weight is 270 g/mol. The minimum atomic E-state index is 0.463. The average Bonchev–Trinajstić information content (AvgIpc) is 2.49. The second-order valence-corrected chi connectivity index (χ2v) is 5.15. The molecule has 104 valence electrons. The van der Waals surface area contributed by atoms with Gasteiger partial charge < -0.3 is 10.2 Å². The molecular weight excluding hydrogens is 252 g/mol. The molecular formula is C14H18N6. The van der Waals surface area contributed by atoms with E-state index in [1.807, 2.05) is 6.20 Å². The van der Waals surface area contributed by atoms with Crippen molar-refractivity contribution in [1.82, 2.24) is 24.8 Å². The molecule has 0 unspecified atom stereocenters. The number of nitrogens with zero attached hydrogens (tertiary/aromatic N) is 5. The van der Waals surface area contributed by atoms with Gasteiger partial charge in [0, 0.05) is 31.1 Å². The standard InChI is InChI=1S/C14H18N6/c1-20-6-2-3-11(10-20)12-7-16-9-14(18-12)19-13-8-15-4-5-17-13/h4-5,7-9,11H,2-3,6,10H2,1H3,(H,17,18,19)/t11-/m1/s1.